The van der Waals surface area contributed by atoms with Crippen LogP contribution in [0.15, 0.2) is 27.1 Å². The molecule has 0 bridgehead atoms. The number of amides is 1. The van der Waals surface area contributed by atoms with Gasteiger partial charge in [-0.15, -0.1) is 11.3 Å². The van der Waals surface area contributed by atoms with E-state index in [9.17, 15) is 4.79 Å². The SMILES string of the molecule is C/C(=N\O)c1csc(NC(=O)c2ccc(C)o2)n1. The molecule has 2 N–H and O–H groups in total. The predicted octanol–water partition coefficient (Wildman–Crippen LogP) is 2.50. The van der Waals surface area contributed by atoms with Crippen LogP contribution in [0.1, 0.15) is 28.9 Å². The summed E-state index contributed by atoms with van der Waals surface area (Å²) < 4.78 is 5.19. The Balaban J connectivity index is 2.10. The second kappa shape index (κ2) is 5.01. The predicted molar refractivity (Wildman–Crippen MR) is 67.5 cm³/mol. The number of carbonyl (C=O) groups excluding carboxylic acids is 1. The van der Waals surface area contributed by atoms with E-state index in [1.165, 1.54) is 11.3 Å². The fraction of sp³-hybridized carbons (Fsp3) is 0.182. The zero-order chi connectivity index (χ0) is 13.1. The third-order valence-electron chi connectivity index (χ3n) is 2.21. The van der Waals surface area contributed by atoms with Crippen LogP contribution in [0.3, 0.4) is 0 Å². The molecular formula is C11H11N3O3S. The Kier molecular flexibility index (Phi) is 3.42. The van der Waals surface area contributed by atoms with Gasteiger partial charge in [-0.2, -0.15) is 0 Å². The second-order valence-electron chi connectivity index (χ2n) is 3.59. The van der Waals surface area contributed by atoms with Crippen molar-refractivity contribution in [1.29, 1.82) is 0 Å². The molecule has 0 spiro atoms. The molecule has 6 nitrogen and oxygen atoms in total. The standard InChI is InChI=1S/C11H11N3O3S/c1-6-3-4-9(17-6)10(15)13-11-12-8(5-18-11)7(2)14-16/h3-5,16H,1-2H3,(H,12,13,15)/b14-7+. The third kappa shape index (κ3) is 2.57. The van der Waals surface area contributed by atoms with Crippen molar-refractivity contribution < 1.29 is 14.4 Å². The summed E-state index contributed by atoms with van der Waals surface area (Å²) in [5, 5.41) is 16.4. The van der Waals surface area contributed by atoms with Crippen LogP contribution in [-0.2, 0) is 0 Å². The number of thiazole rings is 1. The largest absolute Gasteiger partial charge is 0.456 e. The molecule has 0 atom stereocenters. The fourth-order valence-corrected chi connectivity index (χ4v) is 2.01. The molecule has 2 heterocycles. The van der Waals surface area contributed by atoms with Gasteiger partial charge in [0.05, 0.1) is 0 Å². The van der Waals surface area contributed by atoms with Crippen LogP contribution in [-0.4, -0.2) is 21.8 Å². The fourth-order valence-electron chi connectivity index (χ4n) is 1.26. The van der Waals surface area contributed by atoms with Crippen molar-refractivity contribution in [3.63, 3.8) is 0 Å². The van der Waals surface area contributed by atoms with Crippen LogP contribution in [0, 0.1) is 6.92 Å². The van der Waals surface area contributed by atoms with Crippen LogP contribution >= 0.6 is 11.3 Å². The van der Waals surface area contributed by atoms with E-state index in [1.807, 2.05) is 0 Å². The number of aromatic nitrogens is 1. The Bertz CT molecular complexity index is 600. The van der Waals surface area contributed by atoms with Crippen molar-refractivity contribution in [2.24, 2.45) is 5.16 Å². The lowest BCUT2D eigenvalue weighted by Crippen LogP contribution is -2.10. The van der Waals surface area contributed by atoms with Gasteiger partial charge < -0.3 is 9.62 Å². The highest BCUT2D eigenvalue weighted by Gasteiger charge is 2.13. The van der Waals surface area contributed by atoms with Gasteiger partial charge >= 0.3 is 0 Å². The number of rotatable bonds is 3. The molecule has 1 amide bonds. The topological polar surface area (TPSA) is 87.7 Å². The van der Waals surface area contributed by atoms with E-state index in [4.69, 9.17) is 9.62 Å². The smallest absolute Gasteiger partial charge is 0.293 e. The van der Waals surface area contributed by atoms with E-state index in [1.54, 1.807) is 31.4 Å². The van der Waals surface area contributed by atoms with Gasteiger partial charge in [-0.25, -0.2) is 4.98 Å². The highest BCUT2D eigenvalue weighted by atomic mass is 32.1. The first-order chi connectivity index (χ1) is 8.60. The third-order valence-corrected chi connectivity index (χ3v) is 2.97. The first-order valence-corrected chi connectivity index (χ1v) is 6.00. The molecule has 2 rings (SSSR count). The van der Waals surface area contributed by atoms with Crippen LogP contribution < -0.4 is 5.32 Å². The summed E-state index contributed by atoms with van der Waals surface area (Å²) in [6.45, 7) is 3.38. The molecule has 7 heteroatoms. The molecule has 0 aliphatic heterocycles. The Morgan fingerprint density at radius 2 is 2.33 bits per heavy atom. The van der Waals surface area contributed by atoms with Crippen LogP contribution in [0.5, 0.6) is 0 Å². The lowest BCUT2D eigenvalue weighted by Gasteiger charge is -1.97. The molecule has 94 valence electrons. The second-order valence-corrected chi connectivity index (χ2v) is 4.45. The first kappa shape index (κ1) is 12.3. The number of oxime groups is 1. The molecule has 0 fully saturated rings. The minimum atomic E-state index is -0.359. The van der Waals surface area contributed by atoms with Gasteiger partial charge in [-0.05, 0) is 26.0 Å². The highest BCUT2D eigenvalue weighted by Crippen LogP contribution is 2.17. The Morgan fingerprint density at radius 3 is 2.94 bits per heavy atom. The van der Waals surface area contributed by atoms with E-state index in [0.29, 0.717) is 22.3 Å². The monoisotopic (exact) mass is 265 g/mol. The molecule has 18 heavy (non-hydrogen) atoms. The Labute approximate surface area is 107 Å². The summed E-state index contributed by atoms with van der Waals surface area (Å²) >= 11 is 1.25. The van der Waals surface area contributed by atoms with Gasteiger partial charge in [0.2, 0.25) is 0 Å². The molecule has 0 aliphatic rings. The summed E-state index contributed by atoms with van der Waals surface area (Å²) in [4.78, 5) is 15.9. The summed E-state index contributed by atoms with van der Waals surface area (Å²) in [5.74, 6) is 0.544. The molecule has 0 unspecified atom stereocenters. The van der Waals surface area contributed by atoms with Crippen LogP contribution in [0.25, 0.3) is 0 Å². The molecule has 0 saturated heterocycles. The minimum absolute atomic E-state index is 0.233. The molecular weight excluding hydrogens is 254 g/mol. The van der Waals surface area contributed by atoms with E-state index in [-0.39, 0.29) is 11.7 Å². The Morgan fingerprint density at radius 1 is 1.56 bits per heavy atom. The molecule has 0 saturated carbocycles. The lowest BCUT2D eigenvalue weighted by molar-refractivity contribution is 0.0995. The van der Waals surface area contributed by atoms with Crippen molar-refractivity contribution in [1.82, 2.24) is 4.98 Å². The number of furan rings is 1. The zero-order valence-electron chi connectivity index (χ0n) is 9.80. The summed E-state index contributed by atoms with van der Waals surface area (Å²) in [5.41, 5.74) is 0.911. The van der Waals surface area contributed by atoms with Gasteiger partial charge in [-0.1, -0.05) is 5.16 Å². The normalized spacial score (nSPS) is 11.6. The maximum absolute atomic E-state index is 11.8. The van der Waals surface area contributed by atoms with Gasteiger partial charge in [0.15, 0.2) is 10.9 Å². The summed E-state index contributed by atoms with van der Waals surface area (Å²) in [6, 6.07) is 3.31. The quantitative estimate of drug-likeness (QED) is 0.507. The molecule has 0 aromatic carbocycles. The van der Waals surface area contributed by atoms with Gasteiger partial charge in [0, 0.05) is 5.38 Å². The van der Waals surface area contributed by atoms with E-state index in [0.717, 1.165) is 0 Å². The number of hydrogen-bond acceptors (Lipinski definition) is 6. The maximum Gasteiger partial charge on any atom is 0.293 e. The summed E-state index contributed by atoms with van der Waals surface area (Å²) in [6.07, 6.45) is 0. The molecule has 2 aromatic rings. The van der Waals surface area contributed by atoms with E-state index < -0.39 is 0 Å². The maximum atomic E-state index is 11.8. The zero-order valence-corrected chi connectivity index (χ0v) is 10.6. The van der Waals surface area contributed by atoms with Crippen LogP contribution in [0.2, 0.25) is 0 Å². The van der Waals surface area contributed by atoms with Crippen molar-refractivity contribution in [2.75, 3.05) is 5.32 Å². The van der Waals surface area contributed by atoms with Crippen molar-refractivity contribution in [3.8, 4) is 0 Å². The summed E-state index contributed by atoms with van der Waals surface area (Å²) in [7, 11) is 0. The molecule has 0 aliphatic carbocycles. The molecule has 0 radical (unpaired) electrons. The number of hydrogen-bond donors (Lipinski definition) is 2. The molecule has 2 aromatic heterocycles. The van der Waals surface area contributed by atoms with Gasteiger partial charge in [0.25, 0.3) is 5.91 Å². The van der Waals surface area contributed by atoms with Crippen molar-refractivity contribution >= 4 is 28.1 Å². The van der Waals surface area contributed by atoms with Crippen LogP contribution in [0.4, 0.5) is 5.13 Å². The number of carbonyl (C=O) groups is 1. The van der Waals surface area contributed by atoms with Crippen molar-refractivity contribution in [2.45, 2.75) is 13.8 Å². The highest BCUT2D eigenvalue weighted by molar-refractivity contribution is 7.14. The van der Waals surface area contributed by atoms with Gasteiger partial charge in [0.1, 0.15) is 17.2 Å². The number of nitrogens with zero attached hydrogens (tertiary/aromatic N) is 2. The van der Waals surface area contributed by atoms with E-state index >= 15 is 0 Å². The number of nitrogens with one attached hydrogen (secondary N) is 1. The lowest BCUT2D eigenvalue weighted by atomic mass is 10.3. The number of aryl methyl sites for hydroxylation is 1. The average Bonchev–Trinajstić information content (AvgIpc) is 2.97. The first-order valence-electron chi connectivity index (χ1n) is 5.12. The van der Waals surface area contributed by atoms with Gasteiger partial charge in [-0.3, -0.25) is 10.1 Å². The number of anilines is 1. The average molecular weight is 265 g/mol. The van der Waals surface area contributed by atoms with E-state index in [2.05, 4.69) is 15.5 Å². The minimum Gasteiger partial charge on any atom is -0.456 e. The van der Waals surface area contributed by atoms with Crippen molar-refractivity contribution in [3.05, 3.63) is 34.7 Å². The Hall–Kier alpha value is -2.15.